The molecule has 0 amide bonds. The highest BCUT2D eigenvalue weighted by atomic mass is 35.5. The summed E-state index contributed by atoms with van der Waals surface area (Å²) in [5, 5.41) is 1.72. The number of carbonyl (C=O) groups excluding carboxylic acids is 1. The number of nitrogens with one attached hydrogen (secondary N) is 1. The lowest BCUT2D eigenvalue weighted by Gasteiger charge is -2.04. The number of ether oxygens (including phenoxy) is 1. The van der Waals surface area contributed by atoms with Crippen molar-refractivity contribution in [1.29, 1.82) is 0 Å². The van der Waals surface area contributed by atoms with Crippen LogP contribution in [0.15, 0.2) is 12.1 Å². The quantitative estimate of drug-likeness (QED) is 0.838. The number of fused-ring (bicyclic) bond motifs is 1. The number of methoxy groups -OCH3 is 1. The fourth-order valence-corrected chi connectivity index (χ4v) is 2.89. The van der Waals surface area contributed by atoms with Gasteiger partial charge in [-0.1, -0.05) is 17.7 Å². The van der Waals surface area contributed by atoms with Gasteiger partial charge in [0.15, 0.2) is 0 Å². The molecule has 2 aromatic rings. The minimum atomic E-state index is -0.354. The first-order valence-electron chi connectivity index (χ1n) is 6.02. The van der Waals surface area contributed by atoms with Gasteiger partial charge in [-0.25, -0.2) is 4.79 Å². The van der Waals surface area contributed by atoms with E-state index in [0.717, 1.165) is 21.5 Å². The zero-order chi connectivity index (χ0) is 12.9. The van der Waals surface area contributed by atoms with Crippen LogP contribution in [0.1, 0.15) is 40.4 Å². The van der Waals surface area contributed by atoms with Gasteiger partial charge in [0, 0.05) is 10.9 Å². The summed E-state index contributed by atoms with van der Waals surface area (Å²) in [5.41, 5.74) is 3.44. The van der Waals surface area contributed by atoms with E-state index in [1.54, 1.807) is 0 Å². The summed E-state index contributed by atoms with van der Waals surface area (Å²) in [5.74, 6) is 0.241. The Labute approximate surface area is 110 Å². The molecule has 1 N–H and O–H groups in total. The third-order valence-electron chi connectivity index (χ3n) is 3.59. The van der Waals surface area contributed by atoms with Crippen LogP contribution in [0.25, 0.3) is 10.9 Å². The average Bonchev–Trinajstić information content (AvgIpc) is 3.13. The predicted molar refractivity (Wildman–Crippen MR) is 71.4 cm³/mol. The normalized spacial score (nSPS) is 15.1. The largest absolute Gasteiger partial charge is 0.464 e. The number of hydrogen-bond donors (Lipinski definition) is 1. The lowest BCUT2D eigenvalue weighted by molar-refractivity contribution is 0.0594. The van der Waals surface area contributed by atoms with Crippen molar-refractivity contribution in [3.63, 3.8) is 0 Å². The molecule has 94 valence electrons. The van der Waals surface area contributed by atoms with E-state index < -0.39 is 0 Å². The summed E-state index contributed by atoms with van der Waals surface area (Å²) in [6, 6.07) is 4.05. The number of hydrogen-bond acceptors (Lipinski definition) is 2. The maximum Gasteiger partial charge on any atom is 0.354 e. The Morgan fingerprint density at radius 2 is 2.17 bits per heavy atom. The molecule has 0 unspecified atom stereocenters. The van der Waals surface area contributed by atoms with Crippen molar-refractivity contribution in [2.75, 3.05) is 7.11 Å². The number of esters is 1. The van der Waals surface area contributed by atoms with Crippen LogP contribution in [0, 0.1) is 6.92 Å². The molecule has 1 aliphatic carbocycles. The number of H-pyrrole nitrogens is 1. The molecule has 0 aliphatic heterocycles. The van der Waals surface area contributed by atoms with Crippen LogP contribution in [0.3, 0.4) is 0 Å². The van der Waals surface area contributed by atoms with Gasteiger partial charge in [-0.3, -0.25) is 0 Å². The molecule has 3 rings (SSSR count). The van der Waals surface area contributed by atoms with Crippen molar-refractivity contribution in [2.24, 2.45) is 0 Å². The van der Waals surface area contributed by atoms with Crippen molar-refractivity contribution in [3.8, 4) is 0 Å². The highest BCUT2D eigenvalue weighted by Crippen LogP contribution is 2.45. The summed E-state index contributed by atoms with van der Waals surface area (Å²) in [6.07, 6.45) is 2.41. The Hall–Kier alpha value is -1.48. The first-order valence-corrected chi connectivity index (χ1v) is 6.40. The van der Waals surface area contributed by atoms with E-state index in [4.69, 9.17) is 16.3 Å². The highest BCUT2D eigenvalue weighted by molar-refractivity contribution is 6.37. The number of halogens is 1. The van der Waals surface area contributed by atoms with E-state index in [-0.39, 0.29) is 5.97 Å². The minimum absolute atomic E-state index is 0.354. The molecule has 0 spiro atoms. The smallest absolute Gasteiger partial charge is 0.354 e. The Kier molecular flexibility index (Phi) is 2.59. The van der Waals surface area contributed by atoms with E-state index in [1.807, 2.05) is 13.0 Å². The maximum absolute atomic E-state index is 11.6. The zero-order valence-corrected chi connectivity index (χ0v) is 11.1. The van der Waals surface area contributed by atoms with E-state index in [2.05, 4.69) is 11.1 Å². The molecule has 0 radical (unpaired) electrons. The second kappa shape index (κ2) is 4.02. The van der Waals surface area contributed by atoms with Crippen molar-refractivity contribution >= 4 is 28.5 Å². The van der Waals surface area contributed by atoms with E-state index in [1.165, 1.54) is 25.5 Å². The molecule has 1 saturated carbocycles. The van der Waals surface area contributed by atoms with E-state index in [0.29, 0.717) is 11.6 Å². The first kappa shape index (κ1) is 11.6. The maximum atomic E-state index is 11.6. The van der Waals surface area contributed by atoms with Crippen LogP contribution in [-0.2, 0) is 4.74 Å². The molecule has 0 atom stereocenters. The minimum Gasteiger partial charge on any atom is -0.464 e. The third-order valence-corrected chi connectivity index (χ3v) is 4.00. The molecule has 1 heterocycles. The Morgan fingerprint density at radius 1 is 1.44 bits per heavy atom. The second-order valence-electron chi connectivity index (χ2n) is 4.78. The molecular weight excluding hydrogens is 250 g/mol. The number of carbonyl (C=O) groups is 1. The molecule has 1 aromatic heterocycles. The number of benzene rings is 1. The highest BCUT2D eigenvalue weighted by Gasteiger charge is 2.28. The standard InChI is InChI=1S/C14H14ClNO2/c1-7-11-10(16-13(7)14(17)18-2)6-5-9(12(11)15)8-3-4-8/h5-6,8,16H,3-4H2,1-2H3. The van der Waals surface area contributed by atoms with Gasteiger partial charge in [-0.2, -0.15) is 0 Å². The number of aryl methyl sites for hydroxylation is 1. The van der Waals surface area contributed by atoms with Crippen LogP contribution in [0.2, 0.25) is 5.02 Å². The number of aromatic nitrogens is 1. The summed E-state index contributed by atoms with van der Waals surface area (Å²) < 4.78 is 4.76. The molecule has 1 aromatic carbocycles. The van der Waals surface area contributed by atoms with Crippen LogP contribution in [0.5, 0.6) is 0 Å². The summed E-state index contributed by atoms with van der Waals surface area (Å²) in [6.45, 7) is 1.90. The lowest BCUT2D eigenvalue weighted by atomic mass is 10.1. The van der Waals surface area contributed by atoms with Gasteiger partial charge < -0.3 is 9.72 Å². The SMILES string of the molecule is COC(=O)c1[nH]c2ccc(C3CC3)c(Cl)c2c1C. The van der Waals surface area contributed by atoms with Gasteiger partial charge in [-0.05, 0) is 42.9 Å². The molecule has 0 bridgehead atoms. The van der Waals surface area contributed by atoms with Crippen molar-refractivity contribution in [3.05, 3.63) is 34.0 Å². The monoisotopic (exact) mass is 263 g/mol. The van der Waals surface area contributed by atoms with Gasteiger partial charge in [0.25, 0.3) is 0 Å². The van der Waals surface area contributed by atoms with Gasteiger partial charge in [0.1, 0.15) is 5.69 Å². The zero-order valence-electron chi connectivity index (χ0n) is 10.3. The van der Waals surface area contributed by atoms with Gasteiger partial charge >= 0.3 is 5.97 Å². The van der Waals surface area contributed by atoms with E-state index in [9.17, 15) is 4.79 Å². The molecule has 4 heteroatoms. The third kappa shape index (κ3) is 1.62. The van der Waals surface area contributed by atoms with Crippen molar-refractivity contribution in [2.45, 2.75) is 25.7 Å². The Balaban J connectivity index is 2.24. The van der Waals surface area contributed by atoms with Crippen LogP contribution in [0.4, 0.5) is 0 Å². The van der Waals surface area contributed by atoms with Crippen molar-refractivity contribution < 1.29 is 9.53 Å². The molecule has 1 fully saturated rings. The second-order valence-corrected chi connectivity index (χ2v) is 5.16. The molecule has 0 saturated heterocycles. The van der Waals surface area contributed by atoms with Gasteiger partial charge in [-0.15, -0.1) is 0 Å². The fraction of sp³-hybridized carbons (Fsp3) is 0.357. The van der Waals surface area contributed by atoms with Crippen molar-refractivity contribution in [1.82, 2.24) is 4.98 Å². The van der Waals surface area contributed by atoms with E-state index >= 15 is 0 Å². The Morgan fingerprint density at radius 3 is 2.78 bits per heavy atom. The fourth-order valence-electron chi connectivity index (χ4n) is 2.43. The number of rotatable bonds is 2. The average molecular weight is 264 g/mol. The molecule has 18 heavy (non-hydrogen) atoms. The summed E-state index contributed by atoms with van der Waals surface area (Å²) in [4.78, 5) is 14.7. The summed E-state index contributed by atoms with van der Waals surface area (Å²) in [7, 11) is 1.38. The lowest BCUT2D eigenvalue weighted by Crippen LogP contribution is -2.02. The van der Waals surface area contributed by atoms with Gasteiger partial charge in [0.05, 0.1) is 12.1 Å². The first-order chi connectivity index (χ1) is 8.63. The molecule has 1 aliphatic rings. The van der Waals surface area contributed by atoms with Crippen LogP contribution >= 0.6 is 11.6 Å². The topological polar surface area (TPSA) is 42.1 Å². The Bertz CT molecular complexity index is 641. The van der Waals surface area contributed by atoms with Gasteiger partial charge in [0.2, 0.25) is 0 Å². The van der Waals surface area contributed by atoms with Crippen LogP contribution in [-0.4, -0.2) is 18.1 Å². The molecular formula is C14H14ClNO2. The van der Waals surface area contributed by atoms with Crippen LogP contribution < -0.4 is 0 Å². The predicted octanol–water partition coefficient (Wildman–Crippen LogP) is 3.79. The number of aromatic amines is 1. The summed E-state index contributed by atoms with van der Waals surface area (Å²) >= 11 is 6.47. The molecule has 3 nitrogen and oxygen atoms in total.